The monoisotopic (exact) mass is 298 g/mol. The maximum absolute atomic E-state index is 12.4. The highest BCUT2D eigenvalue weighted by Gasteiger charge is 2.17. The molecule has 0 bridgehead atoms. The third-order valence-electron chi connectivity index (χ3n) is 3.93. The number of hydrogen-bond acceptors (Lipinski definition) is 3. The number of benzene rings is 1. The lowest BCUT2D eigenvalue weighted by Gasteiger charge is -2.14. The maximum atomic E-state index is 12.4. The molecule has 0 fully saturated rings. The molecule has 0 amide bonds. The van der Waals surface area contributed by atoms with Gasteiger partial charge in [-0.05, 0) is 36.9 Å². The van der Waals surface area contributed by atoms with Crippen molar-refractivity contribution in [3.8, 4) is 0 Å². The molecule has 0 aliphatic heterocycles. The zero-order valence-corrected chi connectivity index (χ0v) is 12.1. The average Bonchev–Trinajstić information content (AvgIpc) is 2.49. The van der Waals surface area contributed by atoms with Crippen molar-refractivity contribution < 1.29 is 9.90 Å². The highest BCUT2D eigenvalue weighted by molar-refractivity contribution is 6.02. The van der Waals surface area contributed by atoms with E-state index in [2.05, 4.69) is 4.98 Å². The molecular weight excluding hydrogens is 284 g/mol. The van der Waals surface area contributed by atoms with Crippen molar-refractivity contribution in [1.82, 2.24) is 9.55 Å². The van der Waals surface area contributed by atoms with Gasteiger partial charge in [-0.1, -0.05) is 0 Å². The highest BCUT2D eigenvalue weighted by Crippen LogP contribution is 2.24. The second-order valence-electron chi connectivity index (χ2n) is 5.13. The van der Waals surface area contributed by atoms with Crippen LogP contribution >= 0.6 is 0 Å². The van der Waals surface area contributed by atoms with Gasteiger partial charge in [0.2, 0.25) is 5.43 Å². The van der Waals surface area contributed by atoms with Gasteiger partial charge in [0.05, 0.1) is 5.52 Å². The predicted molar refractivity (Wildman–Crippen MR) is 83.7 cm³/mol. The van der Waals surface area contributed by atoms with Gasteiger partial charge in [0.1, 0.15) is 5.56 Å². The summed E-state index contributed by atoms with van der Waals surface area (Å²) < 4.78 is 1.73. The maximum Gasteiger partial charge on any atom is 0.341 e. The van der Waals surface area contributed by atoms with Gasteiger partial charge in [-0.25, -0.2) is 4.79 Å². The molecule has 2 aromatic heterocycles. The van der Waals surface area contributed by atoms with Gasteiger partial charge in [0.25, 0.3) is 5.56 Å². The van der Waals surface area contributed by atoms with Gasteiger partial charge in [-0.3, -0.25) is 9.59 Å². The van der Waals surface area contributed by atoms with E-state index in [9.17, 15) is 19.5 Å². The third kappa shape index (κ3) is 1.84. The summed E-state index contributed by atoms with van der Waals surface area (Å²) in [5.74, 6) is -1.27. The van der Waals surface area contributed by atoms with Crippen LogP contribution in [0, 0.1) is 6.92 Å². The fourth-order valence-corrected chi connectivity index (χ4v) is 2.87. The first-order valence-electron chi connectivity index (χ1n) is 6.87. The average molecular weight is 298 g/mol. The number of aryl methyl sites for hydroxylation is 2. The summed E-state index contributed by atoms with van der Waals surface area (Å²) in [6.07, 6.45) is 2.92. The van der Waals surface area contributed by atoms with E-state index in [1.54, 1.807) is 16.8 Å². The molecule has 1 aromatic carbocycles. The molecule has 0 saturated heterocycles. The topological polar surface area (TPSA) is 92.2 Å². The molecule has 6 nitrogen and oxygen atoms in total. The number of aromatic carboxylic acids is 1. The molecule has 3 rings (SSSR count). The standard InChI is InChI=1S/C16H14N2O4/c1-3-18-7-12(16(21)22)14(19)11-6-10-9(8(2)13(11)18)4-5-17-15(10)20/h4-7H,3H2,1-2H3,(H,17,20)(H,21,22). The van der Waals surface area contributed by atoms with Crippen LogP contribution in [0.3, 0.4) is 0 Å². The Labute approximate surface area is 124 Å². The van der Waals surface area contributed by atoms with E-state index in [1.807, 2.05) is 13.8 Å². The first-order chi connectivity index (χ1) is 10.5. The van der Waals surface area contributed by atoms with Crippen LogP contribution in [0.2, 0.25) is 0 Å². The van der Waals surface area contributed by atoms with Crippen LogP contribution < -0.4 is 11.0 Å². The van der Waals surface area contributed by atoms with Crippen LogP contribution in [0.1, 0.15) is 22.8 Å². The zero-order chi connectivity index (χ0) is 16.0. The highest BCUT2D eigenvalue weighted by atomic mass is 16.4. The molecule has 2 heterocycles. The number of fused-ring (bicyclic) bond motifs is 2. The molecule has 0 atom stereocenters. The molecule has 0 unspecified atom stereocenters. The minimum atomic E-state index is -1.27. The molecule has 112 valence electrons. The van der Waals surface area contributed by atoms with Gasteiger partial charge in [0.15, 0.2) is 0 Å². The van der Waals surface area contributed by atoms with Crippen molar-refractivity contribution in [3.05, 3.63) is 56.2 Å². The fourth-order valence-electron chi connectivity index (χ4n) is 2.87. The Kier molecular flexibility index (Phi) is 3.09. The number of carbonyl (C=O) groups is 1. The molecule has 0 spiro atoms. The molecule has 0 saturated carbocycles. The molecule has 22 heavy (non-hydrogen) atoms. The summed E-state index contributed by atoms with van der Waals surface area (Å²) in [4.78, 5) is 38.3. The molecule has 0 aliphatic carbocycles. The predicted octanol–water partition coefficient (Wildman–Crippen LogP) is 1.87. The van der Waals surface area contributed by atoms with Gasteiger partial charge in [-0.15, -0.1) is 0 Å². The van der Waals surface area contributed by atoms with E-state index >= 15 is 0 Å². The molecule has 0 aliphatic rings. The SMILES string of the molecule is CCn1cc(C(=O)O)c(=O)c2cc3c(=O)[nH]ccc3c(C)c21. The number of pyridine rings is 2. The first-order valence-corrected chi connectivity index (χ1v) is 6.87. The van der Waals surface area contributed by atoms with Crippen LogP contribution in [0.4, 0.5) is 0 Å². The van der Waals surface area contributed by atoms with Crippen molar-refractivity contribution in [2.45, 2.75) is 20.4 Å². The number of hydrogen-bond donors (Lipinski definition) is 2. The number of rotatable bonds is 2. The Morgan fingerprint density at radius 2 is 2.00 bits per heavy atom. The number of aromatic nitrogens is 2. The van der Waals surface area contributed by atoms with Crippen LogP contribution in [0.25, 0.3) is 21.7 Å². The largest absolute Gasteiger partial charge is 0.477 e. The number of carboxylic acids is 1. The van der Waals surface area contributed by atoms with Gasteiger partial charge in [0, 0.05) is 29.7 Å². The Hall–Kier alpha value is -2.89. The van der Waals surface area contributed by atoms with E-state index < -0.39 is 11.4 Å². The molecule has 2 N–H and O–H groups in total. The lowest BCUT2D eigenvalue weighted by molar-refractivity contribution is 0.0695. The Balaban J connectivity index is 2.67. The third-order valence-corrected chi connectivity index (χ3v) is 3.93. The summed E-state index contributed by atoms with van der Waals surface area (Å²) in [6.45, 7) is 4.22. The zero-order valence-electron chi connectivity index (χ0n) is 12.1. The Bertz CT molecular complexity index is 1040. The Morgan fingerprint density at radius 1 is 1.27 bits per heavy atom. The number of nitrogens with one attached hydrogen (secondary N) is 1. The van der Waals surface area contributed by atoms with E-state index in [1.165, 1.54) is 12.3 Å². The smallest absolute Gasteiger partial charge is 0.341 e. The summed E-state index contributed by atoms with van der Waals surface area (Å²) in [7, 11) is 0. The van der Waals surface area contributed by atoms with E-state index in [0.717, 1.165) is 10.9 Å². The summed E-state index contributed by atoms with van der Waals surface area (Å²) in [6, 6.07) is 3.26. The van der Waals surface area contributed by atoms with Gasteiger partial charge < -0.3 is 14.7 Å². The molecule has 3 aromatic rings. The van der Waals surface area contributed by atoms with Crippen LogP contribution in [0.15, 0.2) is 34.1 Å². The van der Waals surface area contributed by atoms with Crippen LogP contribution in [-0.4, -0.2) is 20.6 Å². The van der Waals surface area contributed by atoms with Gasteiger partial charge in [-0.2, -0.15) is 0 Å². The number of nitrogens with zero attached hydrogens (tertiary/aromatic N) is 1. The minimum absolute atomic E-state index is 0.253. The van der Waals surface area contributed by atoms with Crippen molar-refractivity contribution in [1.29, 1.82) is 0 Å². The summed E-state index contributed by atoms with van der Waals surface area (Å²) in [5.41, 5.74) is 0.289. The van der Waals surface area contributed by atoms with Crippen molar-refractivity contribution in [2.75, 3.05) is 0 Å². The summed E-state index contributed by atoms with van der Waals surface area (Å²) in [5, 5.41) is 10.6. The molecular formula is C16H14N2O4. The second kappa shape index (κ2) is 4.84. The Morgan fingerprint density at radius 3 is 2.64 bits per heavy atom. The number of aromatic amines is 1. The first kappa shape index (κ1) is 14.1. The molecule has 0 radical (unpaired) electrons. The second-order valence-corrected chi connectivity index (χ2v) is 5.13. The van der Waals surface area contributed by atoms with Gasteiger partial charge >= 0.3 is 5.97 Å². The number of H-pyrrole nitrogens is 1. The quantitative estimate of drug-likeness (QED) is 0.706. The van der Waals surface area contributed by atoms with Crippen molar-refractivity contribution >= 4 is 27.6 Å². The molecule has 6 heteroatoms. The number of carboxylic acid groups (broad SMARTS) is 1. The van der Waals surface area contributed by atoms with Crippen molar-refractivity contribution in [3.63, 3.8) is 0 Å². The van der Waals surface area contributed by atoms with Crippen molar-refractivity contribution in [2.24, 2.45) is 0 Å². The normalized spacial score (nSPS) is 11.2. The lowest BCUT2D eigenvalue weighted by atomic mass is 10.0. The van der Waals surface area contributed by atoms with Crippen LogP contribution in [-0.2, 0) is 6.54 Å². The van der Waals surface area contributed by atoms with E-state index in [4.69, 9.17) is 0 Å². The van der Waals surface area contributed by atoms with E-state index in [-0.39, 0.29) is 16.5 Å². The lowest BCUT2D eigenvalue weighted by Crippen LogP contribution is -2.20. The minimum Gasteiger partial charge on any atom is -0.477 e. The van der Waals surface area contributed by atoms with E-state index in [0.29, 0.717) is 17.4 Å². The fraction of sp³-hybridized carbons (Fsp3) is 0.188. The summed E-state index contributed by atoms with van der Waals surface area (Å²) >= 11 is 0. The van der Waals surface area contributed by atoms with Crippen LogP contribution in [0.5, 0.6) is 0 Å².